The first-order valence-electron chi connectivity index (χ1n) is 10.2. The minimum Gasteiger partial charge on any atom is -0.497 e. The van der Waals surface area contributed by atoms with Gasteiger partial charge in [-0.3, -0.25) is 4.79 Å². The number of aromatic nitrogens is 1. The molecule has 0 aliphatic carbocycles. The SMILES string of the molecule is CCCCNC(=O)CC(c1cccc(OC)c1)c1c[nH]c2c(CC)cccc12. The lowest BCUT2D eigenvalue weighted by atomic mass is 9.87. The van der Waals surface area contributed by atoms with Crippen molar-refractivity contribution in [1.82, 2.24) is 10.3 Å². The molecule has 0 saturated heterocycles. The number of benzene rings is 2. The van der Waals surface area contributed by atoms with Crippen LogP contribution in [0.1, 0.15) is 55.7 Å². The van der Waals surface area contributed by atoms with Crippen molar-refractivity contribution in [2.75, 3.05) is 13.7 Å². The number of carbonyl (C=O) groups is 1. The molecule has 2 N–H and O–H groups in total. The first-order chi connectivity index (χ1) is 13.7. The second-order valence-corrected chi connectivity index (χ2v) is 7.17. The van der Waals surface area contributed by atoms with E-state index in [1.54, 1.807) is 7.11 Å². The fourth-order valence-corrected chi connectivity index (χ4v) is 3.75. The number of methoxy groups -OCH3 is 1. The molecule has 0 aliphatic rings. The van der Waals surface area contributed by atoms with E-state index in [0.29, 0.717) is 6.42 Å². The number of ether oxygens (including phenoxy) is 1. The van der Waals surface area contributed by atoms with Crippen LogP contribution in [-0.2, 0) is 11.2 Å². The zero-order valence-corrected chi connectivity index (χ0v) is 17.0. The average Bonchev–Trinajstić information content (AvgIpc) is 3.16. The maximum absolute atomic E-state index is 12.7. The normalized spacial score (nSPS) is 12.1. The van der Waals surface area contributed by atoms with Gasteiger partial charge in [0.1, 0.15) is 5.75 Å². The van der Waals surface area contributed by atoms with Crippen molar-refractivity contribution in [2.24, 2.45) is 0 Å². The topological polar surface area (TPSA) is 54.1 Å². The van der Waals surface area contributed by atoms with Crippen LogP contribution in [0.5, 0.6) is 5.75 Å². The standard InChI is InChI=1S/C24H30N2O2/c1-4-6-13-25-23(27)15-21(18-10-7-11-19(14-18)28-3)22-16-26-24-17(5-2)9-8-12-20(22)24/h7-12,14,16,21,26H,4-6,13,15H2,1-3H3,(H,25,27). The van der Waals surface area contributed by atoms with Crippen LogP contribution < -0.4 is 10.1 Å². The van der Waals surface area contributed by atoms with Crippen molar-refractivity contribution >= 4 is 16.8 Å². The summed E-state index contributed by atoms with van der Waals surface area (Å²) in [7, 11) is 1.67. The Kier molecular flexibility index (Phi) is 6.75. The van der Waals surface area contributed by atoms with E-state index < -0.39 is 0 Å². The zero-order chi connectivity index (χ0) is 19.9. The van der Waals surface area contributed by atoms with Gasteiger partial charge < -0.3 is 15.0 Å². The van der Waals surface area contributed by atoms with Crippen molar-refractivity contribution in [3.63, 3.8) is 0 Å². The summed E-state index contributed by atoms with van der Waals surface area (Å²) in [6.45, 7) is 5.02. The van der Waals surface area contributed by atoms with Gasteiger partial charge in [0.25, 0.3) is 0 Å². The number of amides is 1. The lowest BCUT2D eigenvalue weighted by Crippen LogP contribution is -2.26. The van der Waals surface area contributed by atoms with Crippen molar-refractivity contribution in [1.29, 1.82) is 0 Å². The number of hydrogen-bond donors (Lipinski definition) is 2. The van der Waals surface area contributed by atoms with E-state index in [1.165, 1.54) is 16.5 Å². The predicted molar refractivity (Wildman–Crippen MR) is 115 cm³/mol. The highest BCUT2D eigenvalue weighted by Crippen LogP contribution is 2.35. The summed E-state index contributed by atoms with van der Waals surface area (Å²) in [5, 5.41) is 4.25. The Morgan fingerprint density at radius 3 is 2.75 bits per heavy atom. The number of aryl methyl sites for hydroxylation is 1. The van der Waals surface area contributed by atoms with Crippen LogP contribution in [0, 0.1) is 0 Å². The summed E-state index contributed by atoms with van der Waals surface area (Å²) in [5.74, 6) is 0.864. The number of unbranched alkanes of at least 4 members (excludes halogenated alkanes) is 1. The number of H-pyrrole nitrogens is 1. The Morgan fingerprint density at radius 2 is 2.00 bits per heavy atom. The van der Waals surface area contributed by atoms with E-state index >= 15 is 0 Å². The van der Waals surface area contributed by atoms with Gasteiger partial charge in [-0.05, 0) is 41.7 Å². The lowest BCUT2D eigenvalue weighted by molar-refractivity contribution is -0.121. The molecular formula is C24H30N2O2. The highest BCUT2D eigenvalue weighted by Gasteiger charge is 2.22. The van der Waals surface area contributed by atoms with E-state index in [2.05, 4.69) is 54.6 Å². The number of rotatable bonds is 9. The van der Waals surface area contributed by atoms with Crippen molar-refractivity contribution < 1.29 is 9.53 Å². The molecule has 3 rings (SSSR count). The molecule has 1 atom stereocenters. The molecule has 1 heterocycles. The quantitative estimate of drug-likeness (QED) is 0.504. The van der Waals surface area contributed by atoms with Crippen molar-refractivity contribution in [3.05, 3.63) is 65.4 Å². The zero-order valence-electron chi connectivity index (χ0n) is 17.0. The maximum Gasteiger partial charge on any atom is 0.220 e. The van der Waals surface area contributed by atoms with Crippen LogP contribution in [-0.4, -0.2) is 24.5 Å². The molecule has 1 amide bonds. The van der Waals surface area contributed by atoms with Gasteiger partial charge in [-0.25, -0.2) is 0 Å². The Hall–Kier alpha value is -2.75. The van der Waals surface area contributed by atoms with E-state index in [4.69, 9.17) is 4.74 Å². The highest BCUT2D eigenvalue weighted by molar-refractivity contribution is 5.88. The third-order valence-electron chi connectivity index (χ3n) is 5.33. The predicted octanol–water partition coefficient (Wildman–Crippen LogP) is 5.18. The molecule has 4 heteroatoms. The van der Waals surface area contributed by atoms with Crippen LogP contribution in [0.2, 0.25) is 0 Å². The molecule has 3 aromatic rings. The summed E-state index contributed by atoms with van der Waals surface area (Å²) in [5.41, 5.74) is 4.71. The highest BCUT2D eigenvalue weighted by atomic mass is 16.5. The van der Waals surface area contributed by atoms with Crippen molar-refractivity contribution in [2.45, 2.75) is 45.4 Å². The number of carbonyl (C=O) groups excluding carboxylic acids is 1. The summed E-state index contributed by atoms with van der Waals surface area (Å²) in [6.07, 6.45) is 5.52. The molecule has 0 fully saturated rings. The second-order valence-electron chi connectivity index (χ2n) is 7.17. The van der Waals surface area contributed by atoms with E-state index in [1.807, 2.05) is 18.2 Å². The maximum atomic E-state index is 12.7. The first kappa shape index (κ1) is 20.0. The molecule has 0 saturated carbocycles. The lowest BCUT2D eigenvalue weighted by Gasteiger charge is -2.18. The Bertz CT molecular complexity index is 929. The summed E-state index contributed by atoms with van der Waals surface area (Å²) in [6, 6.07) is 14.4. The van der Waals surface area contributed by atoms with Gasteiger partial charge in [-0.1, -0.05) is 50.6 Å². The monoisotopic (exact) mass is 378 g/mol. The van der Waals surface area contributed by atoms with E-state index in [9.17, 15) is 4.79 Å². The molecule has 4 nitrogen and oxygen atoms in total. The second kappa shape index (κ2) is 9.45. The molecule has 0 bridgehead atoms. The molecule has 1 unspecified atom stereocenters. The van der Waals surface area contributed by atoms with Gasteiger partial charge in [-0.2, -0.15) is 0 Å². The number of fused-ring (bicyclic) bond motifs is 1. The average molecular weight is 379 g/mol. The Morgan fingerprint density at radius 1 is 1.18 bits per heavy atom. The van der Waals surface area contributed by atoms with Gasteiger partial charge in [0.05, 0.1) is 7.11 Å². The number of nitrogens with one attached hydrogen (secondary N) is 2. The number of hydrogen-bond acceptors (Lipinski definition) is 2. The number of para-hydroxylation sites is 1. The fraction of sp³-hybridized carbons (Fsp3) is 0.375. The molecular weight excluding hydrogens is 348 g/mol. The molecule has 0 aliphatic heterocycles. The Labute approximate surface area is 167 Å². The van der Waals surface area contributed by atoms with E-state index in [-0.39, 0.29) is 11.8 Å². The summed E-state index contributed by atoms with van der Waals surface area (Å²) in [4.78, 5) is 16.1. The molecule has 28 heavy (non-hydrogen) atoms. The molecule has 148 valence electrons. The first-order valence-corrected chi connectivity index (χ1v) is 10.2. The van der Waals surface area contributed by atoms with Gasteiger partial charge in [0.2, 0.25) is 5.91 Å². The van der Waals surface area contributed by atoms with Gasteiger partial charge in [0, 0.05) is 36.0 Å². The third kappa shape index (κ3) is 4.38. The summed E-state index contributed by atoms with van der Waals surface area (Å²) >= 11 is 0. The molecule has 1 aromatic heterocycles. The largest absolute Gasteiger partial charge is 0.497 e. The van der Waals surface area contributed by atoms with Gasteiger partial charge in [0.15, 0.2) is 0 Å². The van der Waals surface area contributed by atoms with Gasteiger partial charge in [-0.15, -0.1) is 0 Å². The molecule has 2 aromatic carbocycles. The minimum absolute atomic E-state index is 0.0300. The van der Waals surface area contributed by atoms with Gasteiger partial charge >= 0.3 is 0 Å². The smallest absolute Gasteiger partial charge is 0.220 e. The van der Waals surface area contributed by atoms with Crippen LogP contribution in [0.3, 0.4) is 0 Å². The molecule has 0 spiro atoms. The van der Waals surface area contributed by atoms with Crippen LogP contribution in [0.25, 0.3) is 10.9 Å². The number of aromatic amines is 1. The van der Waals surface area contributed by atoms with Crippen LogP contribution >= 0.6 is 0 Å². The van der Waals surface area contributed by atoms with E-state index in [0.717, 1.165) is 42.7 Å². The summed E-state index contributed by atoms with van der Waals surface area (Å²) < 4.78 is 5.42. The van der Waals surface area contributed by atoms with Crippen LogP contribution in [0.15, 0.2) is 48.7 Å². The van der Waals surface area contributed by atoms with Crippen molar-refractivity contribution in [3.8, 4) is 5.75 Å². The van der Waals surface area contributed by atoms with Crippen LogP contribution in [0.4, 0.5) is 0 Å². The Balaban J connectivity index is 2.00. The minimum atomic E-state index is -0.0300. The molecule has 0 radical (unpaired) electrons. The third-order valence-corrected chi connectivity index (χ3v) is 5.33. The fourth-order valence-electron chi connectivity index (χ4n) is 3.75.